The molecule has 0 aliphatic heterocycles. The van der Waals surface area contributed by atoms with E-state index in [9.17, 15) is 4.79 Å². The molecule has 0 saturated carbocycles. The highest BCUT2D eigenvalue weighted by Crippen LogP contribution is 1.97. The number of pyridine rings is 1. The molecule has 3 heteroatoms. The van der Waals surface area contributed by atoms with Crippen molar-refractivity contribution in [3.63, 3.8) is 0 Å². The van der Waals surface area contributed by atoms with Gasteiger partial charge < -0.3 is 10.7 Å². The second-order valence-corrected chi connectivity index (χ2v) is 2.19. The fourth-order valence-electron chi connectivity index (χ4n) is 0.802. The van der Waals surface area contributed by atoms with Crippen LogP contribution in [0.4, 0.5) is 0 Å². The molecule has 3 nitrogen and oxygen atoms in total. The van der Waals surface area contributed by atoms with Gasteiger partial charge in [0.1, 0.15) is 0 Å². The van der Waals surface area contributed by atoms with Crippen molar-refractivity contribution in [2.24, 2.45) is 5.73 Å². The summed E-state index contributed by atoms with van der Waals surface area (Å²) in [5, 5.41) is 0. The van der Waals surface area contributed by atoms with Crippen molar-refractivity contribution < 1.29 is 0 Å². The van der Waals surface area contributed by atoms with Gasteiger partial charge in [0, 0.05) is 18.3 Å². The Morgan fingerprint density at radius 1 is 1.60 bits per heavy atom. The van der Waals surface area contributed by atoms with Crippen LogP contribution in [0.2, 0.25) is 0 Å². The summed E-state index contributed by atoms with van der Waals surface area (Å²) in [7, 11) is 0. The normalized spacial score (nSPS) is 9.80. The summed E-state index contributed by atoms with van der Waals surface area (Å²) in [5.74, 6) is 0. The van der Waals surface area contributed by atoms with Gasteiger partial charge in [0.05, 0.1) is 0 Å². The van der Waals surface area contributed by atoms with Gasteiger partial charge >= 0.3 is 0 Å². The first kappa shape index (κ1) is 7.02. The molecule has 0 saturated heterocycles. The Kier molecular flexibility index (Phi) is 1.87. The van der Waals surface area contributed by atoms with Crippen molar-refractivity contribution in [3.05, 3.63) is 33.7 Å². The lowest BCUT2D eigenvalue weighted by Gasteiger charge is -1.98. The first-order valence-electron chi connectivity index (χ1n) is 3.13. The van der Waals surface area contributed by atoms with Crippen molar-refractivity contribution in [2.75, 3.05) is 0 Å². The topological polar surface area (TPSA) is 58.9 Å². The third-order valence-corrected chi connectivity index (χ3v) is 1.44. The molecular formula is C7H10N2O. The van der Waals surface area contributed by atoms with E-state index in [4.69, 9.17) is 5.73 Å². The van der Waals surface area contributed by atoms with Crippen LogP contribution in [0.1, 0.15) is 11.3 Å². The number of hydrogen-bond acceptors (Lipinski definition) is 2. The van der Waals surface area contributed by atoms with Gasteiger partial charge in [-0.05, 0) is 12.5 Å². The minimum absolute atomic E-state index is 0.0916. The number of aryl methyl sites for hydroxylation is 1. The van der Waals surface area contributed by atoms with E-state index < -0.39 is 0 Å². The maximum Gasteiger partial charge on any atom is 0.248 e. The van der Waals surface area contributed by atoms with E-state index in [1.165, 1.54) is 6.07 Å². The summed E-state index contributed by atoms with van der Waals surface area (Å²) >= 11 is 0. The zero-order valence-corrected chi connectivity index (χ0v) is 5.85. The predicted octanol–water partition coefficient (Wildman–Crippen LogP) is 0.142. The van der Waals surface area contributed by atoms with Crippen molar-refractivity contribution in [3.8, 4) is 0 Å². The minimum atomic E-state index is -0.0916. The van der Waals surface area contributed by atoms with E-state index in [0.717, 1.165) is 11.3 Å². The van der Waals surface area contributed by atoms with Crippen LogP contribution in [0.25, 0.3) is 0 Å². The van der Waals surface area contributed by atoms with Crippen molar-refractivity contribution in [2.45, 2.75) is 13.5 Å². The molecule has 0 radical (unpaired) electrons. The monoisotopic (exact) mass is 138 g/mol. The van der Waals surface area contributed by atoms with E-state index in [-0.39, 0.29) is 5.56 Å². The zero-order valence-electron chi connectivity index (χ0n) is 5.85. The molecule has 10 heavy (non-hydrogen) atoms. The van der Waals surface area contributed by atoms with E-state index >= 15 is 0 Å². The highest BCUT2D eigenvalue weighted by atomic mass is 16.1. The standard InChI is InChI=1S/C7H10N2O/c1-5-2-3-7(10)9-6(5)4-8/h2-3H,4,8H2,1H3,(H,9,10). The Morgan fingerprint density at radius 3 is 2.80 bits per heavy atom. The van der Waals surface area contributed by atoms with Gasteiger partial charge in [-0.25, -0.2) is 0 Å². The molecule has 1 aromatic heterocycles. The number of aromatic nitrogens is 1. The average molecular weight is 138 g/mol. The van der Waals surface area contributed by atoms with Crippen LogP contribution in [0.5, 0.6) is 0 Å². The quantitative estimate of drug-likeness (QED) is 0.580. The van der Waals surface area contributed by atoms with Gasteiger partial charge in [-0.15, -0.1) is 0 Å². The molecule has 0 aliphatic rings. The average Bonchev–Trinajstić information content (AvgIpc) is 1.94. The first-order valence-corrected chi connectivity index (χ1v) is 3.13. The summed E-state index contributed by atoms with van der Waals surface area (Å²) in [5.41, 5.74) is 7.10. The highest BCUT2D eigenvalue weighted by molar-refractivity contribution is 5.16. The van der Waals surface area contributed by atoms with E-state index in [1.54, 1.807) is 6.07 Å². The number of nitrogens with one attached hydrogen (secondary N) is 1. The highest BCUT2D eigenvalue weighted by Gasteiger charge is 1.93. The summed E-state index contributed by atoms with van der Waals surface area (Å²) in [6, 6.07) is 3.26. The molecule has 0 fully saturated rings. The summed E-state index contributed by atoms with van der Waals surface area (Å²) in [6.45, 7) is 2.31. The van der Waals surface area contributed by atoms with E-state index in [0.29, 0.717) is 6.54 Å². The molecule has 1 heterocycles. The zero-order chi connectivity index (χ0) is 7.56. The smallest absolute Gasteiger partial charge is 0.248 e. The van der Waals surface area contributed by atoms with Gasteiger partial charge in [0.15, 0.2) is 0 Å². The molecule has 1 rings (SSSR count). The summed E-state index contributed by atoms with van der Waals surface area (Å²) in [4.78, 5) is 13.3. The Labute approximate surface area is 58.9 Å². The molecule has 0 spiro atoms. The third kappa shape index (κ3) is 1.25. The molecule has 0 aromatic carbocycles. The van der Waals surface area contributed by atoms with Crippen LogP contribution in [0.15, 0.2) is 16.9 Å². The Balaban J connectivity index is 3.22. The molecule has 0 amide bonds. The molecule has 0 bridgehead atoms. The third-order valence-electron chi connectivity index (χ3n) is 1.44. The maximum absolute atomic E-state index is 10.7. The van der Waals surface area contributed by atoms with Gasteiger partial charge in [-0.3, -0.25) is 4.79 Å². The van der Waals surface area contributed by atoms with Crippen LogP contribution < -0.4 is 11.3 Å². The van der Waals surface area contributed by atoms with Crippen LogP contribution in [-0.2, 0) is 6.54 Å². The van der Waals surface area contributed by atoms with Gasteiger partial charge in [0.25, 0.3) is 0 Å². The van der Waals surface area contributed by atoms with Gasteiger partial charge in [-0.1, -0.05) is 6.07 Å². The number of aromatic amines is 1. The largest absolute Gasteiger partial charge is 0.325 e. The Bertz CT molecular complexity index is 277. The number of H-pyrrole nitrogens is 1. The molecule has 1 aromatic rings. The lowest BCUT2D eigenvalue weighted by Crippen LogP contribution is -2.11. The molecule has 0 atom stereocenters. The summed E-state index contributed by atoms with van der Waals surface area (Å²) < 4.78 is 0. The van der Waals surface area contributed by atoms with Crippen LogP contribution in [0, 0.1) is 6.92 Å². The van der Waals surface area contributed by atoms with Gasteiger partial charge in [0.2, 0.25) is 5.56 Å². The molecule has 0 aliphatic carbocycles. The van der Waals surface area contributed by atoms with Gasteiger partial charge in [-0.2, -0.15) is 0 Å². The molecule has 0 unspecified atom stereocenters. The molecule has 3 N–H and O–H groups in total. The summed E-state index contributed by atoms with van der Waals surface area (Å²) in [6.07, 6.45) is 0. The second kappa shape index (κ2) is 2.66. The van der Waals surface area contributed by atoms with Crippen LogP contribution in [0.3, 0.4) is 0 Å². The van der Waals surface area contributed by atoms with Crippen molar-refractivity contribution in [1.82, 2.24) is 4.98 Å². The Hall–Kier alpha value is -1.09. The fourth-order valence-corrected chi connectivity index (χ4v) is 0.802. The predicted molar refractivity (Wildman–Crippen MR) is 39.7 cm³/mol. The SMILES string of the molecule is Cc1ccc(=O)[nH]c1CN. The lowest BCUT2D eigenvalue weighted by molar-refractivity contribution is 0.952. The fraction of sp³-hybridized carbons (Fsp3) is 0.286. The lowest BCUT2D eigenvalue weighted by atomic mass is 10.2. The second-order valence-electron chi connectivity index (χ2n) is 2.19. The molecule has 54 valence electrons. The van der Waals surface area contributed by atoms with E-state index in [2.05, 4.69) is 4.98 Å². The maximum atomic E-state index is 10.7. The van der Waals surface area contributed by atoms with Crippen LogP contribution in [-0.4, -0.2) is 4.98 Å². The molecular weight excluding hydrogens is 128 g/mol. The minimum Gasteiger partial charge on any atom is -0.325 e. The van der Waals surface area contributed by atoms with Crippen molar-refractivity contribution in [1.29, 1.82) is 0 Å². The Morgan fingerprint density at radius 2 is 2.30 bits per heavy atom. The van der Waals surface area contributed by atoms with Crippen molar-refractivity contribution >= 4 is 0 Å². The number of rotatable bonds is 1. The van der Waals surface area contributed by atoms with E-state index in [1.807, 2.05) is 6.92 Å². The number of hydrogen-bond donors (Lipinski definition) is 2. The number of nitrogens with two attached hydrogens (primary N) is 1. The van der Waals surface area contributed by atoms with Crippen LogP contribution >= 0.6 is 0 Å². The first-order chi connectivity index (χ1) is 4.74.